The number of carbonyl (C=O) groups excluding carboxylic acids is 1. The lowest BCUT2D eigenvalue weighted by Gasteiger charge is -2.03. The predicted octanol–water partition coefficient (Wildman–Crippen LogP) is 4.11. The summed E-state index contributed by atoms with van der Waals surface area (Å²) in [6.07, 6.45) is 1.32. The normalized spacial score (nSPS) is 11.1. The van der Waals surface area contributed by atoms with Crippen molar-refractivity contribution in [3.8, 4) is 0 Å². The molecule has 3 aromatic rings. The molecule has 3 rings (SSSR count). The molecule has 0 radical (unpaired) electrons. The topological polar surface area (TPSA) is 34.9 Å². The quantitative estimate of drug-likeness (QED) is 0.665. The molecule has 3 nitrogen and oxygen atoms in total. The van der Waals surface area contributed by atoms with E-state index in [1.165, 1.54) is 4.70 Å². The number of benzene rings is 1. The third kappa shape index (κ3) is 2.63. The van der Waals surface area contributed by atoms with E-state index in [2.05, 4.69) is 31.1 Å². The van der Waals surface area contributed by atoms with Crippen molar-refractivity contribution >= 4 is 27.2 Å². The highest BCUT2D eigenvalue weighted by molar-refractivity contribution is 7.17. The minimum atomic E-state index is 0.171. The number of aryl methyl sites for hydroxylation is 2. The van der Waals surface area contributed by atoms with Crippen LogP contribution in [0, 0.1) is 0 Å². The molecule has 2 heterocycles. The molecule has 108 valence electrons. The van der Waals surface area contributed by atoms with E-state index in [0.29, 0.717) is 6.42 Å². The zero-order chi connectivity index (χ0) is 14.8. The number of Topliss-reactive ketones (excluding diaryl/α,β-unsaturated/α-hetero) is 1. The second-order valence-electron chi connectivity index (χ2n) is 5.04. The average molecular weight is 298 g/mol. The number of hydrogen-bond acceptors (Lipinski definition) is 3. The van der Waals surface area contributed by atoms with Gasteiger partial charge < -0.3 is 0 Å². The zero-order valence-electron chi connectivity index (χ0n) is 12.3. The molecule has 0 aliphatic carbocycles. The van der Waals surface area contributed by atoms with Crippen molar-refractivity contribution in [1.82, 2.24) is 9.78 Å². The van der Waals surface area contributed by atoms with Crippen LogP contribution in [0.25, 0.3) is 10.1 Å². The van der Waals surface area contributed by atoms with Crippen LogP contribution in [0.15, 0.2) is 35.7 Å². The van der Waals surface area contributed by atoms with Crippen molar-refractivity contribution in [2.75, 3.05) is 0 Å². The van der Waals surface area contributed by atoms with E-state index < -0.39 is 0 Å². The van der Waals surface area contributed by atoms with Crippen molar-refractivity contribution in [2.24, 2.45) is 0 Å². The monoisotopic (exact) mass is 298 g/mol. The molecule has 0 N–H and O–H groups in total. The number of fused-ring (bicyclic) bond motifs is 1. The first kappa shape index (κ1) is 14.0. The van der Waals surface area contributed by atoms with Gasteiger partial charge in [-0.1, -0.05) is 25.1 Å². The number of rotatable bonds is 5. The van der Waals surface area contributed by atoms with Gasteiger partial charge in [0.05, 0.1) is 12.1 Å². The molecule has 0 atom stereocenters. The Morgan fingerprint density at radius 3 is 2.86 bits per heavy atom. The highest BCUT2D eigenvalue weighted by Gasteiger charge is 2.15. The van der Waals surface area contributed by atoms with Gasteiger partial charge in [0.2, 0.25) is 0 Å². The van der Waals surface area contributed by atoms with E-state index in [9.17, 15) is 4.79 Å². The molecular formula is C17H18N2OS. The van der Waals surface area contributed by atoms with Crippen molar-refractivity contribution in [3.63, 3.8) is 0 Å². The number of thiophene rings is 1. The Hall–Kier alpha value is -1.94. The minimum absolute atomic E-state index is 0.171. The smallest absolute Gasteiger partial charge is 0.170 e. The summed E-state index contributed by atoms with van der Waals surface area (Å²) in [4.78, 5) is 12.6. The lowest BCUT2D eigenvalue weighted by molar-refractivity contribution is 0.0992. The second-order valence-corrected chi connectivity index (χ2v) is 5.95. The maximum atomic E-state index is 12.6. The lowest BCUT2D eigenvalue weighted by Crippen LogP contribution is -2.09. The van der Waals surface area contributed by atoms with Crippen molar-refractivity contribution in [3.05, 3.63) is 52.7 Å². The van der Waals surface area contributed by atoms with Crippen molar-refractivity contribution in [2.45, 2.75) is 33.2 Å². The summed E-state index contributed by atoms with van der Waals surface area (Å²) in [7, 11) is 0. The number of nitrogens with zero attached hydrogens (tertiary/aromatic N) is 2. The van der Waals surface area contributed by atoms with Crippen molar-refractivity contribution < 1.29 is 4.79 Å². The van der Waals surface area contributed by atoms with Crippen LogP contribution in [0.1, 0.15) is 35.6 Å². The van der Waals surface area contributed by atoms with Gasteiger partial charge in [-0.2, -0.15) is 5.10 Å². The van der Waals surface area contributed by atoms with Crippen LogP contribution in [0.3, 0.4) is 0 Å². The zero-order valence-corrected chi connectivity index (χ0v) is 13.1. The number of ketones is 1. The van der Waals surface area contributed by atoms with Crippen LogP contribution in [0.4, 0.5) is 0 Å². The maximum absolute atomic E-state index is 12.6. The van der Waals surface area contributed by atoms with E-state index >= 15 is 0 Å². The number of hydrogen-bond donors (Lipinski definition) is 0. The molecule has 1 aromatic carbocycles. The first-order valence-corrected chi connectivity index (χ1v) is 8.16. The summed E-state index contributed by atoms with van der Waals surface area (Å²) in [6.45, 7) is 4.94. The second kappa shape index (κ2) is 5.82. The molecule has 0 spiro atoms. The molecule has 4 heteroatoms. The van der Waals surface area contributed by atoms with Crippen LogP contribution in [0.5, 0.6) is 0 Å². The average Bonchev–Trinajstić information content (AvgIpc) is 3.10. The van der Waals surface area contributed by atoms with Crippen LogP contribution in [0.2, 0.25) is 0 Å². The number of carbonyl (C=O) groups is 1. The van der Waals surface area contributed by atoms with Gasteiger partial charge in [-0.25, -0.2) is 0 Å². The Labute approximate surface area is 128 Å². The Morgan fingerprint density at radius 1 is 1.29 bits per heavy atom. The van der Waals surface area contributed by atoms with Crippen LogP contribution < -0.4 is 0 Å². The molecule has 0 fully saturated rings. The summed E-state index contributed by atoms with van der Waals surface area (Å²) >= 11 is 1.63. The summed E-state index contributed by atoms with van der Waals surface area (Å²) < 4.78 is 3.10. The van der Waals surface area contributed by atoms with Gasteiger partial charge in [0, 0.05) is 33.3 Å². The van der Waals surface area contributed by atoms with Gasteiger partial charge in [0.1, 0.15) is 0 Å². The summed E-state index contributed by atoms with van der Waals surface area (Å²) in [5.41, 5.74) is 2.89. The van der Waals surface area contributed by atoms with E-state index in [1.54, 1.807) is 11.3 Å². The Balaban J connectivity index is 1.91. The molecule has 0 bridgehead atoms. The van der Waals surface area contributed by atoms with Gasteiger partial charge >= 0.3 is 0 Å². The van der Waals surface area contributed by atoms with Crippen LogP contribution in [-0.4, -0.2) is 15.6 Å². The minimum Gasteiger partial charge on any atom is -0.294 e. The largest absolute Gasteiger partial charge is 0.294 e. The van der Waals surface area contributed by atoms with Crippen molar-refractivity contribution in [1.29, 1.82) is 0 Å². The molecule has 0 saturated heterocycles. The van der Waals surface area contributed by atoms with E-state index in [0.717, 1.165) is 35.3 Å². The molecule has 0 aliphatic heterocycles. The molecule has 0 aliphatic rings. The fourth-order valence-corrected chi connectivity index (χ4v) is 3.52. The summed E-state index contributed by atoms with van der Waals surface area (Å²) in [6, 6.07) is 10.1. The third-order valence-corrected chi connectivity index (χ3v) is 4.66. The fourth-order valence-electron chi connectivity index (χ4n) is 2.56. The highest BCUT2D eigenvalue weighted by Crippen LogP contribution is 2.26. The van der Waals surface area contributed by atoms with E-state index in [-0.39, 0.29) is 5.78 Å². The van der Waals surface area contributed by atoms with Crippen LogP contribution in [-0.2, 0) is 19.4 Å². The molecule has 0 saturated carbocycles. The standard InChI is InChI=1S/C17H18N2OS/c1-3-12-9-13(19(4-2)18-12)10-16(20)15-11-21-17-8-6-5-7-14(15)17/h5-9,11H,3-4,10H2,1-2H3. The summed E-state index contributed by atoms with van der Waals surface area (Å²) in [5, 5.41) is 7.54. The fraction of sp³-hybridized carbons (Fsp3) is 0.294. The molecule has 2 aromatic heterocycles. The van der Waals surface area contributed by atoms with E-state index in [1.807, 2.05) is 28.3 Å². The molecule has 21 heavy (non-hydrogen) atoms. The van der Waals surface area contributed by atoms with Gasteiger partial charge in [0.15, 0.2) is 5.78 Å². The highest BCUT2D eigenvalue weighted by atomic mass is 32.1. The van der Waals surface area contributed by atoms with Gasteiger partial charge in [-0.05, 0) is 25.5 Å². The Bertz CT molecular complexity index is 785. The molecular weight excluding hydrogens is 280 g/mol. The van der Waals surface area contributed by atoms with Gasteiger partial charge in [-0.15, -0.1) is 11.3 Å². The SMILES string of the molecule is CCc1cc(CC(=O)c2csc3ccccc23)n(CC)n1. The lowest BCUT2D eigenvalue weighted by atomic mass is 10.1. The van der Waals surface area contributed by atoms with Gasteiger partial charge in [-0.3, -0.25) is 9.48 Å². The third-order valence-electron chi connectivity index (χ3n) is 3.70. The van der Waals surface area contributed by atoms with Crippen LogP contribution >= 0.6 is 11.3 Å². The molecule has 0 amide bonds. The predicted molar refractivity (Wildman–Crippen MR) is 87.1 cm³/mol. The van der Waals surface area contributed by atoms with Gasteiger partial charge in [0.25, 0.3) is 0 Å². The maximum Gasteiger partial charge on any atom is 0.170 e. The first-order valence-electron chi connectivity index (χ1n) is 7.28. The van der Waals surface area contributed by atoms with E-state index in [4.69, 9.17) is 0 Å². The Morgan fingerprint density at radius 2 is 2.10 bits per heavy atom. The first-order chi connectivity index (χ1) is 10.2. The number of aromatic nitrogens is 2. The molecule has 0 unspecified atom stereocenters. The summed E-state index contributed by atoms with van der Waals surface area (Å²) in [5.74, 6) is 0.171. The Kier molecular flexibility index (Phi) is 3.88.